The molecule has 100 valence electrons. The number of carbonyl (C=O) groups excluding carboxylic acids is 1. The average Bonchev–Trinajstić information content (AvgIpc) is 2.27. The maximum absolute atomic E-state index is 12.0. The first-order valence-corrected chi connectivity index (χ1v) is 6.24. The van der Waals surface area contributed by atoms with E-state index in [0.717, 1.165) is 6.42 Å². The van der Waals surface area contributed by atoms with Crippen LogP contribution in [0.1, 0.15) is 26.7 Å². The SMILES string of the molecule is C=CCN(CCO)C(=O)C[C@@H](CN)CC(C)C. The van der Waals surface area contributed by atoms with Crippen molar-refractivity contribution in [3.63, 3.8) is 0 Å². The van der Waals surface area contributed by atoms with E-state index in [1.165, 1.54) is 0 Å². The molecule has 0 saturated carbocycles. The van der Waals surface area contributed by atoms with Crippen LogP contribution in [0.15, 0.2) is 12.7 Å². The summed E-state index contributed by atoms with van der Waals surface area (Å²) in [5, 5.41) is 8.90. The van der Waals surface area contributed by atoms with Gasteiger partial charge in [-0.25, -0.2) is 0 Å². The van der Waals surface area contributed by atoms with Crippen LogP contribution in [-0.2, 0) is 4.79 Å². The summed E-state index contributed by atoms with van der Waals surface area (Å²) in [5.41, 5.74) is 5.68. The summed E-state index contributed by atoms with van der Waals surface area (Å²) in [7, 11) is 0. The van der Waals surface area contributed by atoms with Gasteiger partial charge in [-0.3, -0.25) is 4.79 Å². The highest BCUT2D eigenvalue weighted by Crippen LogP contribution is 2.15. The number of hydrogen-bond acceptors (Lipinski definition) is 3. The van der Waals surface area contributed by atoms with Gasteiger partial charge in [0.2, 0.25) is 5.91 Å². The van der Waals surface area contributed by atoms with E-state index in [1.54, 1.807) is 11.0 Å². The number of aliphatic hydroxyl groups excluding tert-OH is 1. The predicted molar refractivity (Wildman–Crippen MR) is 70.5 cm³/mol. The predicted octanol–water partition coefficient (Wildman–Crippen LogP) is 1.00. The van der Waals surface area contributed by atoms with Crippen molar-refractivity contribution in [2.75, 3.05) is 26.2 Å². The van der Waals surface area contributed by atoms with E-state index in [2.05, 4.69) is 20.4 Å². The van der Waals surface area contributed by atoms with Crippen LogP contribution < -0.4 is 5.73 Å². The number of carbonyl (C=O) groups is 1. The Balaban J connectivity index is 4.29. The van der Waals surface area contributed by atoms with Crippen LogP contribution in [0.4, 0.5) is 0 Å². The Bertz CT molecular complexity index is 229. The minimum atomic E-state index is -0.0168. The minimum absolute atomic E-state index is 0.0168. The molecule has 17 heavy (non-hydrogen) atoms. The van der Waals surface area contributed by atoms with Crippen LogP contribution in [0.3, 0.4) is 0 Å². The van der Waals surface area contributed by atoms with E-state index in [9.17, 15) is 4.79 Å². The standard InChI is InChI=1S/C13H26N2O2/c1-4-5-15(6-7-16)13(17)9-12(10-14)8-11(2)3/h4,11-12,16H,1,5-10,14H2,2-3H3/t12-/m0/s1. The lowest BCUT2D eigenvalue weighted by atomic mass is 9.94. The molecule has 0 unspecified atom stereocenters. The first kappa shape index (κ1) is 16.1. The van der Waals surface area contributed by atoms with Gasteiger partial charge in [0.15, 0.2) is 0 Å². The van der Waals surface area contributed by atoms with Gasteiger partial charge in [-0.15, -0.1) is 6.58 Å². The Morgan fingerprint density at radius 3 is 2.59 bits per heavy atom. The van der Waals surface area contributed by atoms with Crippen molar-refractivity contribution < 1.29 is 9.90 Å². The maximum Gasteiger partial charge on any atom is 0.223 e. The number of hydrogen-bond donors (Lipinski definition) is 2. The normalized spacial score (nSPS) is 12.5. The molecule has 0 fully saturated rings. The second-order valence-corrected chi connectivity index (χ2v) is 4.79. The molecule has 0 aliphatic heterocycles. The molecule has 0 heterocycles. The average molecular weight is 242 g/mol. The van der Waals surface area contributed by atoms with Gasteiger partial charge in [0.25, 0.3) is 0 Å². The van der Waals surface area contributed by atoms with E-state index in [-0.39, 0.29) is 18.4 Å². The first-order valence-electron chi connectivity index (χ1n) is 6.24. The summed E-state index contributed by atoms with van der Waals surface area (Å²) in [6.07, 6.45) is 3.10. The minimum Gasteiger partial charge on any atom is -0.395 e. The molecule has 1 amide bonds. The number of amides is 1. The lowest BCUT2D eigenvalue weighted by Gasteiger charge is -2.23. The van der Waals surface area contributed by atoms with Crippen molar-refractivity contribution in [1.29, 1.82) is 0 Å². The lowest BCUT2D eigenvalue weighted by molar-refractivity contribution is -0.132. The molecule has 0 aromatic rings. The van der Waals surface area contributed by atoms with Crippen LogP contribution in [0.25, 0.3) is 0 Å². The molecule has 0 aromatic heterocycles. The Morgan fingerprint density at radius 2 is 2.18 bits per heavy atom. The van der Waals surface area contributed by atoms with Crippen molar-refractivity contribution in [3.8, 4) is 0 Å². The summed E-state index contributed by atoms with van der Waals surface area (Å²) < 4.78 is 0. The lowest BCUT2D eigenvalue weighted by Crippen LogP contribution is -2.36. The molecule has 0 spiro atoms. The highest BCUT2D eigenvalue weighted by atomic mass is 16.3. The summed E-state index contributed by atoms with van der Waals surface area (Å²) in [6.45, 7) is 9.23. The monoisotopic (exact) mass is 242 g/mol. The molecule has 4 nitrogen and oxygen atoms in total. The van der Waals surface area contributed by atoms with Gasteiger partial charge in [0.05, 0.1) is 6.61 Å². The third kappa shape index (κ3) is 7.13. The van der Waals surface area contributed by atoms with Gasteiger partial charge < -0.3 is 15.7 Å². The van der Waals surface area contributed by atoms with Crippen LogP contribution in [0, 0.1) is 11.8 Å². The van der Waals surface area contributed by atoms with Gasteiger partial charge in [0, 0.05) is 19.5 Å². The van der Waals surface area contributed by atoms with E-state index in [4.69, 9.17) is 10.8 Å². The van der Waals surface area contributed by atoms with Gasteiger partial charge in [-0.2, -0.15) is 0 Å². The van der Waals surface area contributed by atoms with Gasteiger partial charge in [0.1, 0.15) is 0 Å². The zero-order valence-corrected chi connectivity index (χ0v) is 11.1. The Hall–Kier alpha value is -0.870. The Morgan fingerprint density at radius 1 is 1.53 bits per heavy atom. The molecule has 0 saturated heterocycles. The van der Waals surface area contributed by atoms with Crippen molar-refractivity contribution in [3.05, 3.63) is 12.7 Å². The second kappa shape index (κ2) is 9.19. The fourth-order valence-electron chi connectivity index (χ4n) is 1.90. The second-order valence-electron chi connectivity index (χ2n) is 4.79. The van der Waals surface area contributed by atoms with E-state index >= 15 is 0 Å². The molecule has 0 rings (SSSR count). The third-order valence-corrected chi connectivity index (χ3v) is 2.67. The molecule has 4 heteroatoms. The molecule has 0 radical (unpaired) electrons. The highest BCUT2D eigenvalue weighted by molar-refractivity contribution is 5.76. The molecule has 1 atom stereocenters. The number of nitrogens with two attached hydrogens (primary N) is 1. The van der Waals surface area contributed by atoms with Crippen LogP contribution in [-0.4, -0.2) is 42.2 Å². The number of nitrogens with zero attached hydrogens (tertiary/aromatic N) is 1. The van der Waals surface area contributed by atoms with Gasteiger partial charge in [-0.1, -0.05) is 19.9 Å². The maximum atomic E-state index is 12.0. The summed E-state index contributed by atoms with van der Waals surface area (Å²) in [5.74, 6) is 0.825. The fourth-order valence-corrected chi connectivity index (χ4v) is 1.90. The van der Waals surface area contributed by atoms with Gasteiger partial charge in [-0.05, 0) is 24.8 Å². The zero-order valence-electron chi connectivity index (χ0n) is 11.1. The highest BCUT2D eigenvalue weighted by Gasteiger charge is 2.18. The molecular weight excluding hydrogens is 216 g/mol. The number of rotatable bonds is 9. The Labute approximate surface area is 104 Å². The largest absolute Gasteiger partial charge is 0.395 e. The smallest absolute Gasteiger partial charge is 0.223 e. The molecule has 0 bridgehead atoms. The van der Waals surface area contributed by atoms with Crippen molar-refractivity contribution in [2.45, 2.75) is 26.7 Å². The fraction of sp³-hybridized carbons (Fsp3) is 0.769. The summed E-state index contributed by atoms with van der Waals surface area (Å²) in [6, 6.07) is 0. The topological polar surface area (TPSA) is 66.6 Å². The van der Waals surface area contributed by atoms with Crippen LogP contribution in [0.5, 0.6) is 0 Å². The molecule has 3 N–H and O–H groups in total. The third-order valence-electron chi connectivity index (χ3n) is 2.67. The molecular formula is C13H26N2O2. The van der Waals surface area contributed by atoms with Crippen LogP contribution in [0.2, 0.25) is 0 Å². The summed E-state index contributed by atoms with van der Waals surface area (Å²) >= 11 is 0. The van der Waals surface area contributed by atoms with Crippen molar-refractivity contribution >= 4 is 5.91 Å². The van der Waals surface area contributed by atoms with Crippen molar-refractivity contribution in [2.24, 2.45) is 17.6 Å². The van der Waals surface area contributed by atoms with E-state index in [0.29, 0.717) is 32.0 Å². The molecule has 0 aliphatic carbocycles. The van der Waals surface area contributed by atoms with Crippen LogP contribution >= 0.6 is 0 Å². The quantitative estimate of drug-likeness (QED) is 0.593. The number of aliphatic hydroxyl groups is 1. The van der Waals surface area contributed by atoms with Crippen molar-refractivity contribution in [1.82, 2.24) is 4.90 Å². The van der Waals surface area contributed by atoms with E-state index < -0.39 is 0 Å². The zero-order chi connectivity index (χ0) is 13.3. The van der Waals surface area contributed by atoms with Gasteiger partial charge >= 0.3 is 0 Å². The first-order chi connectivity index (χ1) is 8.04. The van der Waals surface area contributed by atoms with E-state index in [1.807, 2.05) is 0 Å². The molecule has 0 aliphatic rings. The Kier molecular flexibility index (Phi) is 8.72. The summed E-state index contributed by atoms with van der Waals surface area (Å²) in [4.78, 5) is 13.6. The molecule has 0 aromatic carbocycles.